The minimum atomic E-state index is -0.0751. The lowest BCUT2D eigenvalue weighted by Gasteiger charge is -2.15. The molecule has 1 N–H and O–H groups in total. The number of para-hydroxylation sites is 1. The van der Waals surface area contributed by atoms with Crippen LogP contribution in [-0.4, -0.2) is 15.1 Å². The third-order valence-electron chi connectivity index (χ3n) is 3.24. The Morgan fingerprint density at radius 2 is 1.94 bits per heavy atom. The Balaban J connectivity index is 2.11. The van der Waals surface area contributed by atoms with Crippen molar-refractivity contribution in [3.63, 3.8) is 0 Å². The molecular formula is C13H12N2O. The molecule has 0 aliphatic heterocycles. The summed E-state index contributed by atoms with van der Waals surface area (Å²) >= 11 is 0. The fourth-order valence-corrected chi connectivity index (χ4v) is 2.24. The van der Waals surface area contributed by atoms with Gasteiger partial charge in [-0.2, -0.15) is 0 Å². The van der Waals surface area contributed by atoms with Crippen LogP contribution in [0.5, 0.6) is 5.75 Å². The highest BCUT2D eigenvalue weighted by Crippen LogP contribution is 2.54. The standard InChI is InChI=1S/C13H12N2O/c16-11-4-2-1-3-10(11)13(6-7-13)12-5-8-14-9-15-12/h1-5,8-9,16H,6-7H2. The first kappa shape index (κ1) is 9.33. The lowest BCUT2D eigenvalue weighted by Crippen LogP contribution is -2.10. The van der Waals surface area contributed by atoms with E-state index in [1.54, 1.807) is 18.6 Å². The van der Waals surface area contributed by atoms with Crippen molar-refractivity contribution in [3.05, 3.63) is 54.1 Å². The van der Waals surface area contributed by atoms with E-state index < -0.39 is 0 Å². The first-order valence-corrected chi connectivity index (χ1v) is 5.38. The van der Waals surface area contributed by atoms with Gasteiger partial charge in [0.1, 0.15) is 12.1 Å². The fourth-order valence-electron chi connectivity index (χ4n) is 2.24. The van der Waals surface area contributed by atoms with Gasteiger partial charge in [-0.25, -0.2) is 9.97 Å². The second kappa shape index (κ2) is 3.30. The van der Waals surface area contributed by atoms with Crippen LogP contribution >= 0.6 is 0 Å². The van der Waals surface area contributed by atoms with Crippen LogP contribution in [0, 0.1) is 0 Å². The van der Waals surface area contributed by atoms with Crippen LogP contribution in [0.1, 0.15) is 24.1 Å². The van der Waals surface area contributed by atoms with Crippen LogP contribution in [-0.2, 0) is 5.41 Å². The first-order chi connectivity index (χ1) is 7.83. The zero-order valence-electron chi connectivity index (χ0n) is 8.80. The second-order valence-electron chi connectivity index (χ2n) is 4.19. The summed E-state index contributed by atoms with van der Waals surface area (Å²) < 4.78 is 0. The van der Waals surface area contributed by atoms with Gasteiger partial charge in [-0.05, 0) is 25.0 Å². The summed E-state index contributed by atoms with van der Waals surface area (Å²) in [5, 5.41) is 9.90. The highest BCUT2D eigenvalue weighted by molar-refractivity contribution is 5.48. The minimum Gasteiger partial charge on any atom is -0.508 e. The molecule has 0 atom stereocenters. The van der Waals surface area contributed by atoms with Gasteiger partial charge in [0.25, 0.3) is 0 Å². The van der Waals surface area contributed by atoms with Gasteiger partial charge < -0.3 is 5.11 Å². The van der Waals surface area contributed by atoms with E-state index in [4.69, 9.17) is 0 Å². The maximum absolute atomic E-state index is 9.90. The van der Waals surface area contributed by atoms with Gasteiger partial charge in [-0.15, -0.1) is 0 Å². The number of aromatic hydroxyl groups is 1. The Bertz CT molecular complexity index is 506. The summed E-state index contributed by atoms with van der Waals surface area (Å²) in [7, 11) is 0. The Hall–Kier alpha value is -1.90. The van der Waals surface area contributed by atoms with E-state index in [1.807, 2.05) is 24.3 Å². The van der Waals surface area contributed by atoms with E-state index in [2.05, 4.69) is 9.97 Å². The summed E-state index contributed by atoms with van der Waals surface area (Å²) in [5.41, 5.74) is 1.91. The molecule has 1 aromatic carbocycles. The molecule has 3 heteroatoms. The second-order valence-corrected chi connectivity index (χ2v) is 4.19. The molecule has 0 saturated heterocycles. The zero-order chi connectivity index (χ0) is 11.0. The largest absolute Gasteiger partial charge is 0.508 e. The third kappa shape index (κ3) is 1.28. The molecule has 0 amide bonds. The van der Waals surface area contributed by atoms with Crippen molar-refractivity contribution in [2.45, 2.75) is 18.3 Å². The smallest absolute Gasteiger partial charge is 0.119 e. The van der Waals surface area contributed by atoms with Crippen molar-refractivity contribution in [2.24, 2.45) is 0 Å². The number of hydrogen-bond acceptors (Lipinski definition) is 3. The highest BCUT2D eigenvalue weighted by Gasteiger charge is 2.48. The molecule has 0 spiro atoms. The molecule has 3 rings (SSSR count). The van der Waals surface area contributed by atoms with E-state index >= 15 is 0 Å². The summed E-state index contributed by atoms with van der Waals surface area (Å²) in [5.74, 6) is 0.360. The number of aromatic nitrogens is 2. The average Bonchev–Trinajstić information content (AvgIpc) is 3.12. The topological polar surface area (TPSA) is 46.0 Å². The van der Waals surface area contributed by atoms with Gasteiger partial charge >= 0.3 is 0 Å². The Morgan fingerprint density at radius 1 is 1.12 bits per heavy atom. The fraction of sp³-hybridized carbons (Fsp3) is 0.231. The molecule has 3 nitrogen and oxygen atoms in total. The average molecular weight is 212 g/mol. The summed E-state index contributed by atoms with van der Waals surface area (Å²) in [4.78, 5) is 8.24. The number of nitrogens with zero attached hydrogens (tertiary/aromatic N) is 2. The van der Waals surface area contributed by atoms with Gasteiger partial charge in [0, 0.05) is 17.2 Å². The van der Waals surface area contributed by atoms with Crippen molar-refractivity contribution in [1.82, 2.24) is 9.97 Å². The molecule has 2 aromatic rings. The number of hydrogen-bond donors (Lipinski definition) is 1. The van der Waals surface area contributed by atoms with Gasteiger partial charge in [-0.1, -0.05) is 18.2 Å². The zero-order valence-corrected chi connectivity index (χ0v) is 8.80. The van der Waals surface area contributed by atoms with Crippen molar-refractivity contribution in [3.8, 4) is 5.75 Å². The van der Waals surface area contributed by atoms with Crippen LogP contribution in [0.3, 0.4) is 0 Å². The summed E-state index contributed by atoms with van der Waals surface area (Å²) in [6.45, 7) is 0. The van der Waals surface area contributed by atoms with E-state index in [1.165, 1.54) is 0 Å². The lowest BCUT2D eigenvalue weighted by molar-refractivity contribution is 0.463. The predicted molar refractivity (Wildman–Crippen MR) is 60.2 cm³/mol. The Kier molecular flexibility index (Phi) is 1.93. The molecule has 0 unspecified atom stereocenters. The van der Waals surface area contributed by atoms with Gasteiger partial charge in [0.15, 0.2) is 0 Å². The van der Waals surface area contributed by atoms with E-state index in [-0.39, 0.29) is 5.41 Å². The molecule has 0 bridgehead atoms. The molecule has 1 aliphatic rings. The van der Waals surface area contributed by atoms with E-state index in [0.717, 1.165) is 24.1 Å². The Morgan fingerprint density at radius 3 is 2.56 bits per heavy atom. The molecule has 1 aromatic heterocycles. The molecule has 0 radical (unpaired) electrons. The van der Waals surface area contributed by atoms with Crippen molar-refractivity contribution in [2.75, 3.05) is 0 Å². The monoisotopic (exact) mass is 212 g/mol. The minimum absolute atomic E-state index is 0.0751. The predicted octanol–water partition coefficient (Wildman–Crippen LogP) is 2.26. The SMILES string of the molecule is Oc1ccccc1C1(c2ccncn2)CC1. The summed E-state index contributed by atoms with van der Waals surface area (Å²) in [6, 6.07) is 9.44. The summed E-state index contributed by atoms with van der Waals surface area (Å²) in [6.07, 6.45) is 5.40. The van der Waals surface area contributed by atoms with E-state index in [0.29, 0.717) is 5.75 Å². The van der Waals surface area contributed by atoms with Crippen molar-refractivity contribution in [1.29, 1.82) is 0 Å². The van der Waals surface area contributed by atoms with Crippen LogP contribution < -0.4 is 0 Å². The molecular weight excluding hydrogens is 200 g/mol. The van der Waals surface area contributed by atoms with Gasteiger partial charge in [-0.3, -0.25) is 0 Å². The molecule has 1 saturated carbocycles. The number of phenols is 1. The third-order valence-corrected chi connectivity index (χ3v) is 3.24. The number of phenolic OH excluding ortho intramolecular Hbond substituents is 1. The Labute approximate surface area is 93.8 Å². The van der Waals surface area contributed by atoms with Crippen molar-refractivity contribution >= 4 is 0 Å². The lowest BCUT2D eigenvalue weighted by atomic mass is 9.91. The molecule has 16 heavy (non-hydrogen) atoms. The molecule has 1 heterocycles. The number of benzene rings is 1. The molecule has 1 fully saturated rings. The van der Waals surface area contributed by atoms with Crippen molar-refractivity contribution < 1.29 is 5.11 Å². The van der Waals surface area contributed by atoms with Gasteiger partial charge in [0.05, 0.1) is 5.69 Å². The molecule has 80 valence electrons. The van der Waals surface area contributed by atoms with Crippen LogP contribution in [0.2, 0.25) is 0 Å². The van der Waals surface area contributed by atoms with Crippen LogP contribution in [0.4, 0.5) is 0 Å². The maximum Gasteiger partial charge on any atom is 0.119 e. The highest BCUT2D eigenvalue weighted by atomic mass is 16.3. The normalized spacial score (nSPS) is 17.0. The quantitative estimate of drug-likeness (QED) is 0.830. The molecule has 1 aliphatic carbocycles. The number of rotatable bonds is 2. The maximum atomic E-state index is 9.90. The van der Waals surface area contributed by atoms with Crippen LogP contribution in [0.15, 0.2) is 42.9 Å². The van der Waals surface area contributed by atoms with Crippen LogP contribution in [0.25, 0.3) is 0 Å². The van der Waals surface area contributed by atoms with E-state index in [9.17, 15) is 5.11 Å². The first-order valence-electron chi connectivity index (χ1n) is 5.38. The van der Waals surface area contributed by atoms with Gasteiger partial charge in [0.2, 0.25) is 0 Å².